The fourth-order valence-corrected chi connectivity index (χ4v) is 3.29. The minimum absolute atomic E-state index is 0.0890. The number of methoxy groups -OCH3 is 1. The van der Waals surface area contributed by atoms with Gasteiger partial charge in [0.1, 0.15) is 0 Å². The van der Waals surface area contributed by atoms with E-state index < -0.39 is 0 Å². The van der Waals surface area contributed by atoms with Gasteiger partial charge in [-0.15, -0.1) is 6.58 Å². The standard InChI is InChI=1S/C19H25NO3/c1-3-7-17-14-20(19(22)16-8-5-4-6-9-16)13-12-15(17)10-11-18(21)23-2/h3-6,8-9,15,17H,1,7,10-14H2,2H3. The number of amides is 1. The van der Waals surface area contributed by atoms with E-state index in [1.165, 1.54) is 7.11 Å². The lowest BCUT2D eigenvalue weighted by molar-refractivity contribution is -0.141. The van der Waals surface area contributed by atoms with Gasteiger partial charge < -0.3 is 9.64 Å². The Bertz CT molecular complexity index is 541. The maximum absolute atomic E-state index is 12.6. The Morgan fingerprint density at radius 2 is 2.04 bits per heavy atom. The summed E-state index contributed by atoms with van der Waals surface area (Å²) in [5.41, 5.74) is 0.734. The van der Waals surface area contributed by atoms with Crippen LogP contribution in [0.4, 0.5) is 0 Å². The van der Waals surface area contributed by atoms with Crippen molar-refractivity contribution in [3.63, 3.8) is 0 Å². The molecule has 1 amide bonds. The van der Waals surface area contributed by atoms with Crippen molar-refractivity contribution >= 4 is 11.9 Å². The van der Waals surface area contributed by atoms with E-state index in [-0.39, 0.29) is 11.9 Å². The van der Waals surface area contributed by atoms with Crippen molar-refractivity contribution in [1.29, 1.82) is 0 Å². The molecule has 124 valence electrons. The van der Waals surface area contributed by atoms with Gasteiger partial charge in [-0.2, -0.15) is 0 Å². The molecular weight excluding hydrogens is 290 g/mol. The molecule has 4 heteroatoms. The van der Waals surface area contributed by atoms with Crippen LogP contribution in [0.1, 0.15) is 36.0 Å². The maximum atomic E-state index is 12.6. The second-order valence-corrected chi connectivity index (χ2v) is 6.07. The van der Waals surface area contributed by atoms with Crippen LogP contribution in [0.3, 0.4) is 0 Å². The minimum atomic E-state index is -0.162. The lowest BCUT2D eigenvalue weighted by Crippen LogP contribution is -2.43. The van der Waals surface area contributed by atoms with Crippen LogP contribution < -0.4 is 0 Å². The molecule has 4 nitrogen and oxygen atoms in total. The third kappa shape index (κ3) is 4.68. The van der Waals surface area contributed by atoms with Gasteiger partial charge >= 0.3 is 5.97 Å². The number of nitrogens with zero attached hydrogens (tertiary/aromatic N) is 1. The summed E-state index contributed by atoms with van der Waals surface area (Å²) in [5.74, 6) is 0.724. The summed E-state index contributed by atoms with van der Waals surface area (Å²) in [6.07, 6.45) is 4.96. The Morgan fingerprint density at radius 3 is 2.70 bits per heavy atom. The van der Waals surface area contributed by atoms with Crippen LogP contribution in [0.25, 0.3) is 0 Å². The SMILES string of the molecule is C=CCC1CN(C(=O)c2ccccc2)CCC1CCC(=O)OC. The summed E-state index contributed by atoms with van der Waals surface area (Å²) in [7, 11) is 1.42. The smallest absolute Gasteiger partial charge is 0.305 e. The van der Waals surface area contributed by atoms with E-state index in [0.717, 1.165) is 37.9 Å². The molecule has 1 heterocycles. The number of rotatable bonds is 6. The van der Waals surface area contributed by atoms with Gasteiger partial charge in [0.05, 0.1) is 7.11 Å². The second-order valence-electron chi connectivity index (χ2n) is 6.07. The van der Waals surface area contributed by atoms with Crippen molar-refractivity contribution in [1.82, 2.24) is 4.90 Å². The molecule has 0 bridgehead atoms. The maximum Gasteiger partial charge on any atom is 0.305 e. The van der Waals surface area contributed by atoms with Crippen LogP contribution in [0.15, 0.2) is 43.0 Å². The lowest BCUT2D eigenvalue weighted by atomic mass is 9.80. The van der Waals surface area contributed by atoms with E-state index in [4.69, 9.17) is 4.74 Å². The van der Waals surface area contributed by atoms with Crippen molar-refractivity contribution in [3.8, 4) is 0 Å². The van der Waals surface area contributed by atoms with Gasteiger partial charge in [0.2, 0.25) is 0 Å². The van der Waals surface area contributed by atoms with E-state index >= 15 is 0 Å². The molecule has 23 heavy (non-hydrogen) atoms. The van der Waals surface area contributed by atoms with Gasteiger partial charge in [-0.05, 0) is 43.2 Å². The Balaban J connectivity index is 1.99. The van der Waals surface area contributed by atoms with Crippen LogP contribution in [-0.4, -0.2) is 37.0 Å². The van der Waals surface area contributed by atoms with E-state index in [9.17, 15) is 9.59 Å². The van der Waals surface area contributed by atoms with Gasteiger partial charge in [0, 0.05) is 25.1 Å². The van der Waals surface area contributed by atoms with Gasteiger partial charge in [0.25, 0.3) is 5.91 Å². The van der Waals surface area contributed by atoms with Crippen molar-refractivity contribution in [2.24, 2.45) is 11.8 Å². The zero-order valence-electron chi connectivity index (χ0n) is 13.7. The molecule has 1 saturated heterocycles. The average molecular weight is 315 g/mol. The molecule has 2 rings (SSSR count). The van der Waals surface area contributed by atoms with Crippen molar-refractivity contribution < 1.29 is 14.3 Å². The summed E-state index contributed by atoms with van der Waals surface area (Å²) in [6.45, 7) is 5.30. The van der Waals surface area contributed by atoms with Crippen LogP contribution in [0.2, 0.25) is 0 Å². The molecule has 1 aromatic rings. The molecule has 0 spiro atoms. The fourth-order valence-electron chi connectivity index (χ4n) is 3.29. The number of hydrogen-bond donors (Lipinski definition) is 0. The highest BCUT2D eigenvalue weighted by Gasteiger charge is 2.31. The minimum Gasteiger partial charge on any atom is -0.469 e. The van der Waals surface area contributed by atoms with E-state index in [1.54, 1.807) is 0 Å². The summed E-state index contributed by atoms with van der Waals surface area (Å²) in [4.78, 5) is 25.9. The Morgan fingerprint density at radius 1 is 1.30 bits per heavy atom. The third-order valence-electron chi connectivity index (χ3n) is 4.62. The summed E-state index contributed by atoms with van der Waals surface area (Å²) < 4.78 is 4.73. The highest BCUT2D eigenvalue weighted by Crippen LogP contribution is 2.31. The largest absolute Gasteiger partial charge is 0.469 e. The predicted octanol–water partition coefficient (Wildman–Crippen LogP) is 3.29. The number of allylic oxidation sites excluding steroid dienone is 1. The molecule has 1 aliphatic heterocycles. The van der Waals surface area contributed by atoms with Gasteiger partial charge in [0.15, 0.2) is 0 Å². The number of carbonyl (C=O) groups excluding carboxylic acids is 2. The quantitative estimate of drug-likeness (QED) is 0.598. The molecule has 1 fully saturated rings. The molecule has 2 atom stereocenters. The van der Waals surface area contributed by atoms with Crippen LogP contribution >= 0.6 is 0 Å². The molecule has 1 aliphatic rings. The second kappa shape index (κ2) is 8.51. The molecule has 2 unspecified atom stereocenters. The first-order valence-electron chi connectivity index (χ1n) is 8.17. The number of likely N-dealkylation sites (tertiary alicyclic amines) is 1. The number of benzene rings is 1. The lowest BCUT2D eigenvalue weighted by Gasteiger charge is -2.38. The molecule has 0 aromatic heterocycles. The number of ether oxygens (including phenoxy) is 1. The van der Waals surface area contributed by atoms with E-state index in [2.05, 4.69) is 6.58 Å². The van der Waals surface area contributed by atoms with Gasteiger partial charge in [-0.1, -0.05) is 24.3 Å². The van der Waals surface area contributed by atoms with E-state index in [1.807, 2.05) is 41.3 Å². The van der Waals surface area contributed by atoms with Crippen LogP contribution in [-0.2, 0) is 9.53 Å². The Hall–Kier alpha value is -2.10. The van der Waals surface area contributed by atoms with Crippen LogP contribution in [0, 0.1) is 11.8 Å². The normalized spacial score (nSPS) is 20.8. The molecular formula is C19H25NO3. The van der Waals surface area contributed by atoms with Crippen molar-refractivity contribution in [3.05, 3.63) is 48.6 Å². The molecule has 0 aliphatic carbocycles. The van der Waals surface area contributed by atoms with Crippen LogP contribution in [0.5, 0.6) is 0 Å². The summed E-state index contributed by atoms with van der Waals surface area (Å²) >= 11 is 0. The highest BCUT2D eigenvalue weighted by atomic mass is 16.5. The van der Waals surface area contributed by atoms with Gasteiger partial charge in [-0.25, -0.2) is 0 Å². The summed E-state index contributed by atoms with van der Waals surface area (Å²) in [6, 6.07) is 9.40. The first kappa shape index (κ1) is 17.3. The van der Waals surface area contributed by atoms with Crippen molar-refractivity contribution in [2.45, 2.75) is 25.7 Å². The van der Waals surface area contributed by atoms with Crippen molar-refractivity contribution in [2.75, 3.05) is 20.2 Å². The zero-order chi connectivity index (χ0) is 16.7. The fraction of sp³-hybridized carbons (Fsp3) is 0.474. The van der Waals surface area contributed by atoms with Gasteiger partial charge in [-0.3, -0.25) is 9.59 Å². The number of esters is 1. The molecule has 0 N–H and O–H groups in total. The Labute approximate surface area is 138 Å². The zero-order valence-corrected chi connectivity index (χ0v) is 13.7. The number of piperidine rings is 1. The topological polar surface area (TPSA) is 46.6 Å². The monoisotopic (exact) mass is 315 g/mol. The molecule has 1 aromatic carbocycles. The predicted molar refractivity (Wildman–Crippen MR) is 90.0 cm³/mol. The first-order chi connectivity index (χ1) is 11.2. The average Bonchev–Trinajstić information content (AvgIpc) is 2.60. The Kier molecular flexibility index (Phi) is 6.39. The number of carbonyl (C=O) groups is 2. The number of hydrogen-bond acceptors (Lipinski definition) is 3. The summed E-state index contributed by atoms with van der Waals surface area (Å²) in [5, 5.41) is 0. The molecule has 0 saturated carbocycles. The van der Waals surface area contributed by atoms with E-state index in [0.29, 0.717) is 18.3 Å². The highest BCUT2D eigenvalue weighted by molar-refractivity contribution is 5.94. The first-order valence-corrected chi connectivity index (χ1v) is 8.17. The molecule has 0 radical (unpaired) electrons. The third-order valence-corrected chi connectivity index (χ3v) is 4.62.